The van der Waals surface area contributed by atoms with E-state index in [0.29, 0.717) is 42.6 Å². The van der Waals surface area contributed by atoms with E-state index in [2.05, 4.69) is 5.32 Å². The molecule has 1 fully saturated rings. The molecule has 30 heavy (non-hydrogen) atoms. The molecule has 0 aliphatic carbocycles. The van der Waals surface area contributed by atoms with Gasteiger partial charge < -0.3 is 24.3 Å². The first-order valence-electron chi connectivity index (χ1n) is 9.60. The predicted octanol–water partition coefficient (Wildman–Crippen LogP) is 2.47. The Kier molecular flexibility index (Phi) is 7.13. The van der Waals surface area contributed by atoms with Gasteiger partial charge in [0.2, 0.25) is 11.7 Å². The Hall–Kier alpha value is -3.26. The molecule has 1 heterocycles. The van der Waals surface area contributed by atoms with Crippen molar-refractivity contribution in [1.29, 1.82) is 0 Å². The Balaban J connectivity index is 1.72. The van der Waals surface area contributed by atoms with Crippen LogP contribution in [-0.4, -0.2) is 57.3 Å². The second-order valence-corrected chi connectivity index (χ2v) is 6.81. The zero-order valence-electron chi connectivity index (χ0n) is 17.3. The molecule has 1 N–H and O–H groups in total. The van der Waals surface area contributed by atoms with Gasteiger partial charge in [0.15, 0.2) is 11.5 Å². The molecule has 8 nitrogen and oxygen atoms in total. The fraction of sp³-hybridized carbons (Fsp3) is 0.364. The number of hydrogen-bond donors (Lipinski definition) is 1. The number of carbonyl (C=O) groups excluding carboxylic acids is 2. The minimum Gasteiger partial charge on any atom is -0.493 e. The van der Waals surface area contributed by atoms with Crippen molar-refractivity contribution in [2.45, 2.75) is 19.0 Å². The summed E-state index contributed by atoms with van der Waals surface area (Å²) < 4.78 is 21.1. The average molecular weight is 414 g/mol. The summed E-state index contributed by atoms with van der Waals surface area (Å²) in [6.45, 7) is 1.46. The van der Waals surface area contributed by atoms with Crippen LogP contribution >= 0.6 is 0 Å². The van der Waals surface area contributed by atoms with E-state index in [1.54, 1.807) is 12.1 Å². The molecule has 0 bridgehead atoms. The molecule has 0 aromatic heterocycles. The number of benzene rings is 2. The smallest absolute Gasteiger partial charge is 0.323 e. The normalized spacial score (nSPS) is 16.5. The minimum absolute atomic E-state index is 0.0255. The zero-order valence-corrected chi connectivity index (χ0v) is 17.3. The molecule has 1 amide bonds. The van der Waals surface area contributed by atoms with Crippen LogP contribution in [0.4, 0.5) is 5.69 Å². The van der Waals surface area contributed by atoms with Crippen LogP contribution in [0.2, 0.25) is 0 Å². The molecular formula is C22H26N2O6. The summed E-state index contributed by atoms with van der Waals surface area (Å²) in [5.74, 6) is 0.580. The maximum absolute atomic E-state index is 12.7. The zero-order chi connectivity index (χ0) is 21.5. The van der Waals surface area contributed by atoms with E-state index in [4.69, 9.17) is 18.9 Å². The molecule has 2 aromatic carbocycles. The van der Waals surface area contributed by atoms with E-state index in [-0.39, 0.29) is 12.3 Å². The van der Waals surface area contributed by atoms with Gasteiger partial charge in [-0.1, -0.05) is 30.3 Å². The highest BCUT2D eigenvalue weighted by molar-refractivity contribution is 5.95. The van der Waals surface area contributed by atoms with Gasteiger partial charge in [0, 0.05) is 30.9 Å². The lowest BCUT2D eigenvalue weighted by molar-refractivity contribution is -0.159. The van der Waals surface area contributed by atoms with Gasteiger partial charge in [-0.3, -0.25) is 14.5 Å². The van der Waals surface area contributed by atoms with Crippen molar-refractivity contribution in [3.63, 3.8) is 0 Å². The molecule has 1 aliphatic heterocycles. The molecule has 1 saturated heterocycles. The Bertz CT molecular complexity index is 861. The second-order valence-electron chi connectivity index (χ2n) is 6.81. The first-order chi connectivity index (χ1) is 14.5. The Morgan fingerprint density at radius 1 is 1.10 bits per heavy atom. The molecule has 3 rings (SSSR count). The van der Waals surface area contributed by atoms with E-state index < -0.39 is 12.0 Å². The van der Waals surface area contributed by atoms with Gasteiger partial charge in [0.05, 0.1) is 27.8 Å². The third-order valence-electron chi connectivity index (χ3n) is 4.89. The number of carbonyl (C=O) groups is 2. The highest BCUT2D eigenvalue weighted by Gasteiger charge is 2.33. The lowest BCUT2D eigenvalue weighted by Crippen LogP contribution is -2.49. The largest absolute Gasteiger partial charge is 0.493 e. The summed E-state index contributed by atoms with van der Waals surface area (Å²) in [4.78, 5) is 27.1. The number of methoxy groups -OCH3 is 3. The van der Waals surface area contributed by atoms with Crippen molar-refractivity contribution in [2.75, 3.05) is 39.8 Å². The lowest BCUT2D eigenvalue weighted by Gasteiger charge is -2.33. The molecule has 2 aromatic rings. The van der Waals surface area contributed by atoms with Crippen molar-refractivity contribution in [1.82, 2.24) is 4.90 Å². The quantitative estimate of drug-likeness (QED) is 0.664. The number of nitrogens with zero attached hydrogens (tertiary/aromatic N) is 1. The van der Waals surface area contributed by atoms with Crippen molar-refractivity contribution >= 4 is 17.6 Å². The van der Waals surface area contributed by atoms with Crippen LogP contribution in [-0.2, 0) is 20.9 Å². The molecule has 0 saturated carbocycles. The third kappa shape index (κ3) is 5.01. The van der Waals surface area contributed by atoms with Gasteiger partial charge >= 0.3 is 5.97 Å². The summed E-state index contributed by atoms with van der Waals surface area (Å²) in [6.07, 6.45) is -0.0255. The SMILES string of the molecule is COc1cc(NC(=O)C[C@@H]2C(=O)OCCN2Cc2ccccc2)cc(OC)c1OC. The van der Waals surface area contributed by atoms with Crippen LogP contribution < -0.4 is 19.5 Å². The highest BCUT2D eigenvalue weighted by atomic mass is 16.5. The van der Waals surface area contributed by atoms with Crippen molar-refractivity contribution in [2.24, 2.45) is 0 Å². The number of anilines is 1. The van der Waals surface area contributed by atoms with Gasteiger partial charge in [-0.2, -0.15) is 0 Å². The number of rotatable bonds is 8. The number of ether oxygens (including phenoxy) is 4. The molecule has 1 aliphatic rings. The standard InChI is InChI=1S/C22H26N2O6/c1-27-18-11-16(12-19(28-2)21(18)29-3)23-20(25)13-17-22(26)30-10-9-24(17)14-15-7-5-4-6-8-15/h4-8,11-12,17H,9-10,13-14H2,1-3H3,(H,23,25)/t17-/m1/s1. The number of hydrogen-bond acceptors (Lipinski definition) is 7. The summed E-state index contributed by atoms with van der Waals surface area (Å²) in [6, 6.07) is 12.4. The highest BCUT2D eigenvalue weighted by Crippen LogP contribution is 2.40. The van der Waals surface area contributed by atoms with Gasteiger partial charge in [0.25, 0.3) is 0 Å². The summed E-state index contributed by atoms with van der Waals surface area (Å²) >= 11 is 0. The van der Waals surface area contributed by atoms with Crippen LogP contribution in [0.1, 0.15) is 12.0 Å². The number of nitrogens with one attached hydrogen (secondary N) is 1. The molecule has 8 heteroatoms. The van der Waals surface area contributed by atoms with Crippen LogP contribution in [0.25, 0.3) is 0 Å². The van der Waals surface area contributed by atoms with E-state index in [1.165, 1.54) is 21.3 Å². The molecule has 0 unspecified atom stereocenters. The van der Waals surface area contributed by atoms with E-state index in [9.17, 15) is 9.59 Å². The van der Waals surface area contributed by atoms with E-state index >= 15 is 0 Å². The summed E-state index contributed by atoms with van der Waals surface area (Å²) in [5, 5.41) is 2.81. The first kappa shape index (κ1) is 21.4. The molecular weight excluding hydrogens is 388 g/mol. The third-order valence-corrected chi connectivity index (χ3v) is 4.89. The van der Waals surface area contributed by atoms with Crippen LogP contribution in [0.15, 0.2) is 42.5 Å². The number of amides is 1. The number of esters is 1. The minimum atomic E-state index is -0.652. The van der Waals surface area contributed by atoms with Crippen molar-refractivity contribution in [3.8, 4) is 17.2 Å². The fourth-order valence-corrected chi connectivity index (χ4v) is 3.43. The maximum atomic E-state index is 12.7. The average Bonchev–Trinajstić information content (AvgIpc) is 2.76. The number of morpholine rings is 1. The van der Waals surface area contributed by atoms with Crippen molar-refractivity contribution < 1.29 is 28.5 Å². The Morgan fingerprint density at radius 2 is 1.77 bits per heavy atom. The lowest BCUT2D eigenvalue weighted by atomic mass is 10.1. The Labute approximate surface area is 175 Å². The van der Waals surface area contributed by atoms with E-state index in [1.807, 2.05) is 35.2 Å². The Morgan fingerprint density at radius 3 is 2.37 bits per heavy atom. The monoisotopic (exact) mass is 414 g/mol. The maximum Gasteiger partial charge on any atom is 0.323 e. The van der Waals surface area contributed by atoms with Gasteiger partial charge in [0.1, 0.15) is 12.6 Å². The molecule has 0 radical (unpaired) electrons. The van der Waals surface area contributed by atoms with Crippen molar-refractivity contribution in [3.05, 3.63) is 48.0 Å². The van der Waals surface area contributed by atoms with Gasteiger partial charge in [-0.15, -0.1) is 0 Å². The molecule has 1 atom stereocenters. The molecule has 160 valence electrons. The fourth-order valence-electron chi connectivity index (χ4n) is 3.43. The first-order valence-corrected chi connectivity index (χ1v) is 9.60. The van der Waals surface area contributed by atoms with Crippen LogP contribution in [0, 0.1) is 0 Å². The van der Waals surface area contributed by atoms with Gasteiger partial charge in [-0.05, 0) is 5.56 Å². The van der Waals surface area contributed by atoms with E-state index in [0.717, 1.165) is 5.56 Å². The van der Waals surface area contributed by atoms with Crippen LogP contribution in [0.3, 0.4) is 0 Å². The second kappa shape index (κ2) is 9.98. The molecule has 0 spiro atoms. The van der Waals surface area contributed by atoms with Gasteiger partial charge in [-0.25, -0.2) is 0 Å². The summed E-state index contributed by atoms with van der Waals surface area (Å²) in [5.41, 5.74) is 1.55. The number of cyclic esters (lactones) is 1. The van der Waals surface area contributed by atoms with Crippen LogP contribution in [0.5, 0.6) is 17.2 Å². The summed E-state index contributed by atoms with van der Waals surface area (Å²) in [7, 11) is 4.51. The predicted molar refractivity (Wildman–Crippen MR) is 111 cm³/mol. The topological polar surface area (TPSA) is 86.3 Å².